The number of nitrogens with one attached hydrogen (secondary N) is 1. The smallest absolute Gasteiger partial charge is 0.238 e. The van der Waals surface area contributed by atoms with Gasteiger partial charge in [0.1, 0.15) is 5.69 Å². The molecule has 2 aliphatic heterocycles. The Balaban J connectivity index is 0.00000121. The van der Waals surface area contributed by atoms with Crippen LogP contribution in [0.3, 0.4) is 0 Å². The highest BCUT2D eigenvalue weighted by molar-refractivity contribution is 6.20. The predicted molar refractivity (Wildman–Crippen MR) is 107 cm³/mol. The molecule has 2 aromatic rings. The Kier molecular flexibility index (Phi) is 6.63. The molecule has 4 rings (SSSR count). The van der Waals surface area contributed by atoms with Crippen molar-refractivity contribution in [1.82, 2.24) is 15.0 Å². The molecule has 1 fully saturated rings. The van der Waals surface area contributed by atoms with Gasteiger partial charge in [-0.15, -0.1) is 24.8 Å². The number of aliphatic hydroxyl groups is 1. The molecule has 1 saturated heterocycles. The molecule has 0 spiro atoms. The van der Waals surface area contributed by atoms with E-state index in [1.807, 2.05) is 18.2 Å². The van der Waals surface area contributed by atoms with Crippen LogP contribution in [0.1, 0.15) is 24.1 Å². The van der Waals surface area contributed by atoms with E-state index in [-0.39, 0.29) is 43.2 Å². The standard InChI is InChI=1S/C17H19N5O2.2ClH/c23-10-11-3-2-6-22(9-11)17-20-14(16(24)21-17)7-12-8-19-15-13(12)4-1-5-18-15;;/h1,4-5,7-8,11,23-24H,2-3,6,9-10H2,(H,20,21);2*1H/b12-7+;;. The van der Waals surface area contributed by atoms with Crippen LogP contribution in [0.25, 0.3) is 11.6 Å². The quantitative estimate of drug-likeness (QED) is 0.739. The van der Waals surface area contributed by atoms with Crippen LogP contribution < -0.4 is 4.90 Å². The van der Waals surface area contributed by atoms with Crippen LogP contribution in [0, 0.1) is 5.92 Å². The first-order valence-corrected chi connectivity index (χ1v) is 8.10. The van der Waals surface area contributed by atoms with Gasteiger partial charge in [-0.3, -0.25) is 0 Å². The van der Waals surface area contributed by atoms with Crippen LogP contribution in [0.15, 0.2) is 23.3 Å². The molecular weight excluding hydrogens is 377 g/mol. The second kappa shape index (κ2) is 8.53. The molecule has 3 N–H and O–H groups in total. The Morgan fingerprint density at radius 1 is 1.35 bits per heavy atom. The summed E-state index contributed by atoms with van der Waals surface area (Å²) in [4.78, 5) is 18.0. The van der Waals surface area contributed by atoms with Gasteiger partial charge in [0, 0.05) is 43.2 Å². The molecule has 0 saturated carbocycles. The lowest BCUT2D eigenvalue weighted by Crippen LogP contribution is -2.37. The number of hydrogen-bond acceptors (Lipinski definition) is 6. The maximum atomic E-state index is 10.2. The number of rotatable bonds is 3. The number of aromatic amines is 1. The molecule has 4 heterocycles. The maximum absolute atomic E-state index is 10.2. The van der Waals surface area contributed by atoms with Gasteiger partial charge in [-0.2, -0.15) is 4.98 Å². The summed E-state index contributed by atoms with van der Waals surface area (Å²) in [5.41, 5.74) is 2.37. The van der Waals surface area contributed by atoms with Crippen LogP contribution in [0.2, 0.25) is 0 Å². The van der Waals surface area contributed by atoms with Gasteiger partial charge in [-0.25, -0.2) is 9.98 Å². The largest absolute Gasteiger partial charge is 0.492 e. The lowest BCUT2D eigenvalue weighted by atomic mass is 9.99. The molecular formula is C17H21Cl2N5O2. The van der Waals surface area contributed by atoms with E-state index < -0.39 is 0 Å². The molecule has 1 atom stereocenters. The van der Waals surface area contributed by atoms with Crippen molar-refractivity contribution in [3.8, 4) is 5.88 Å². The molecule has 0 amide bonds. The highest BCUT2D eigenvalue weighted by Gasteiger charge is 2.23. The summed E-state index contributed by atoms with van der Waals surface area (Å²) < 4.78 is 0. The summed E-state index contributed by atoms with van der Waals surface area (Å²) in [6.45, 7) is 1.79. The number of pyridine rings is 1. The Bertz CT molecular complexity index is 821. The number of aromatic hydroxyl groups is 1. The fourth-order valence-corrected chi connectivity index (χ4v) is 3.22. The fourth-order valence-electron chi connectivity index (χ4n) is 3.22. The van der Waals surface area contributed by atoms with Gasteiger partial charge < -0.3 is 20.1 Å². The van der Waals surface area contributed by atoms with Crippen molar-refractivity contribution in [2.24, 2.45) is 10.9 Å². The van der Waals surface area contributed by atoms with Crippen LogP contribution in [-0.2, 0) is 0 Å². The van der Waals surface area contributed by atoms with Crippen molar-refractivity contribution in [3.63, 3.8) is 0 Å². The van der Waals surface area contributed by atoms with E-state index in [0.29, 0.717) is 17.5 Å². The zero-order valence-corrected chi connectivity index (χ0v) is 15.6. The molecule has 26 heavy (non-hydrogen) atoms. The lowest BCUT2D eigenvalue weighted by molar-refractivity contribution is 0.208. The van der Waals surface area contributed by atoms with Gasteiger partial charge >= 0.3 is 0 Å². The van der Waals surface area contributed by atoms with E-state index >= 15 is 0 Å². The summed E-state index contributed by atoms with van der Waals surface area (Å²) in [6.07, 6.45) is 7.31. The monoisotopic (exact) mass is 397 g/mol. The topological polar surface area (TPSA) is 97.6 Å². The van der Waals surface area contributed by atoms with Crippen molar-refractivity contribution < 1.29 is 10.2 Å². The summed E-state index contributed by atoms with van der Waals surface area (Å²) in [7, 11) is 0. The highest BCUT2D eigenvalue weighted by atomic mass is 35.5. The fraction of sp³-hybridized carbons (Fsp3) is 0.353. The zero-order valence-electron chi connectivity index (χ0n) is 14.0. The zero-order chi connectivity index (χ0) is 16.5. The van der Waals surface area contributed by atoms with E-state index in [9.17, 15) is 10.2 Å². The second-order valence-corrected chi connectivity index (χ2v) is 6.17. The third kappa shape index (κ3) is 3.85. The molecule has 9 heteroatoms. The Morgan fingerprint density at radius 2 is 2.19 bits per heavy atom. The van der Waals surface area contributed by atoms with Crippen LogP contribution in [0.4, 0.5) is 11.8 Å². The number of piperidine rings is 1. The van der Waals surface area contributed by atoms with Crippen LogP contribution >= 0.6 is 24.8 Å². The van der Waals surface area contributed by atoms with Crippen LogP contribution in [0.5, 0.6) is 5.88 Å². The van der Waals surface area contributed by atoms with Crippen molar-refractivity contribution in [3.05, 3.63) is 29.6 Å². The maximum Gasteiger partial charge on any atom is 0.238 e. The van der Waals surface area contributed by atoms with Crippen molar-refractivity contribution in [2.45, 2.75) is 12.8 Å². The average Bonchev–Trinajstić information content (AvgIpc) is 3.20. The summed E-state index contributed by atoms with van der Waals surface area (Å²) in [5, 5.41) is 19.5. The van der Waals surface area contributed by atoms with E-state index in [1.54, 1.807) is 12.4 Å². The molecule has 140 valence electrons. The van der Waals surface area contributed by atoms with Gasteiger partial charge in [0.25, 0.3) is 0 Å². The minimum absolute atomic E-state index is 0. The predicted octanol–water partition coefficient (Wildman–Crippen LogP) is 2.82. The first-order valence-electron chi connectivity index (χ1n) is 8.10. The molecule has 0 aromatic carbocycles. The molecule has 2 aromatic heterocycles. The normalized spacial score (nSPS) is 19.8. The summed E-state index contributed by atoms with van der Waals surface area (Å²) in [6, 6.07) is 3.81. The van der Waals surface area contributed by atoms with Gasteiger partial charge in [0.15, 0.2) is 5.82 Å². The molecule has 2 aliphatic rings. The third-order valence-corrected chi connectivity index (χ3v) is 4.50. The van der Waals surface area contributed by atoms with Crippen LogP contribution in [-0.4, -0.2) is 51.1 Å². The molecule has 0 radical (unpaired) electrons. The van der Waals surface area contributed by atoms with Gasteiger partial charge in [-0.1, -0.05) is 0 Å². The van der Waals surface area contributed by atoms with Crippen molar-refractivity contribution in [2.75, 3.05) is 24.6 Å². The third-order valence-electron chi connectivity index (χ3n) is 4.50. The Morgan fingerprint density at radius 3 is 3.00 bits per heavy atom. The molecule has 1 unspecified atom stereocenters. The van der Waals surface area contributed by atoms with Gasteiger partial charge in [0.05, 0.1) is 0 Å². The number of imidazole rings is 1. The Hall–Kier alpha value is -2.09. The van der Waals surface area contributed by atoms with Gasteiger partial charge in [0.2, 0.25) is 11.8 Å². The first kappa shape index (κ1) is 20.2. The second-order valence-electron chi connectivity index (χ2n) is 6.17. The summed E-state index contributed by atoms with van der Waals surface area (Å²) in [5.74, 6) is 1.55. The lowest BCUT2D eigenvalue weighted by Gasteiger charge is -2.31. The highest BCUT2D eigenvalue weighted by Crippen LogP contribution is 2.32. The van der Waals surface area contributed by atoms with Crippen molar-refractivity contribution >= 4 is 54.4 Å². The number of aromatic nitrogens is 3. The van der Waals surface area contributed by atoms with E-state index in [0.717, 1.165) is 37.1 Å². The van der Waals surface area contributed by atoms with Gasteiger partial charge in [-0.05, 0) is 37.0 Å². The Labute approximate surface area is 163 Å². The number of H-pyrrole nitrogens is 1. The SMILES string of the molecule is Cl.Cl.OCC1CCCN(c2nc(O)c(/C=C3\C=Nc4ncccc43)[nH]2)C1. The number of anilines is 1. The minimum Gasteiger partial charge on any atom is -0.492 e. The number of halogens is 2. The average molecular weight is 398 g/mol. The van der Waals surface area contributed by atoms with E-state index in [4.69, 9.17) is 0 Å². The van der Waals surface area contributed by atoms with Crippen molar-refractivity contribution in [1.29, 1.82) is 0 Å². The number of allylic oxidation sites excluding steroid dienone is 1. The number of hydrogen-bond donors (Lipinski definition) is 3. The minimum atomic E-state index is -0.0330. The molecule has 0 bridgehead atoms. The van der Waals surface area contributed by atoms with E-state index in [2.05, 4.69) is 24.8 Å². The van der Waals surface area contributed by atoms with E-state index in [1.165, 1.54) is 0 Å². The first-order chi connectivity index (χ1) is 11.7. The number of aliphatic hydroxyl groups excluding tert-OH is 1. The number of aliphatic imine (C=N–C) groups is 1. The summed E-state index contributed by atoms with van der Waals surface area (Å²) >= 11 is 0. The molecule has 7 nitrogen and oxygen atoms in total. The number of fused-ring (bicyclic) bond motifs is 1. The molecule has 0 aliphatic carbocycles. The number of nitrogens with zero attached hydrogens (tertiary/aromatic N) is 4.